The molecule has 70 valence electrons. The summed E-state index contributed by atoms with van der Waals surface area (Å²) in [7, 11) is 1.65. The first-order valence-electron chi connectivity index (χ1n) is 3.45. The number of nitrogens with zero attached hydrogens (tertiary/aromatic N) is 2. The van der Waals surface area contributed by atoms with Gasteiger partial charge in [0.05, 0.1) is 22.8 Å². The number of halogens is 1. The van der Waals surface area contributed by atoms with Crippen LogP contribution in [-0.4, -0.2) is 26.6 Å². The van der Waals surface area contributed by atoms with Gasteiger partial charge in [-0.05, 0) is 15.9 Å². The van der Waals surface area contributed by atoms with Gasteiger partial charge in [-0.15, -0.1) is 0 Å². The monoisotopic (exact) mass is 246 g/mol. The van der Waals surface area contributed by atoms with Gasteiger partial charge in [0, 0.05) is 7.05 Å². The van der Waals surface area contributed by atoms with E-state index in [1.165, 1.54) is 10.9 Å². The van der Waals surface area contributed by atoms with E-state index < -0.39 is 11.8 Å². The highest BCUT2D eigenvalue weighted by Gasteiger charge is 2.16. The van der Waals surface area contributed by atoms with Crippen LogP contribution in [0.2, 0.25) is 0 Å². The van der Waals surface area contributed by atoms with Crippen LogP contribution >= 0.6 is 15.9 Å². The van der Waals surface area contributed by atoms with Crippen molar-refractivity contribution in [2.75, 3.05) is 0 Å². The molecule has 0 aliphatic carbocycles. The Labute approximate surface area is 82.5 Å². The molecular formula is C7H7BrN2O3. The van der Waals surface area contributed by atoms with E-state index in [0.717, 1.165) is 0 Å². The van der Waals surface area contributed by atoms with Gasteiger partial charge < -0.3 is 5.11 Å². The van der Waals surface area contributed by atoms with E-state index in [2.05, 4.69) is 21.0 Å². The summed E-state index contributed by atoms with van der Waals surface area (Å²) in [6.07, 6.45) is 1.37. The van der Waals surface area contributed by atoms with Crippen molar-refractivity contribution < 1.29 is 14.7 Å². The van der Waals surface area contributed by atoms with Crippen molar-refractivity contribution in [3.05, 3.63) is 16.4 Å². The number of aromatic nitrogens is 2. The minimum Gasteiger partial charge on any atom is -0.475 e. The number of aliphatic carboxylic acids is 1. The number of carbonyl (C=O) groups excluding carboxylic acids is 1. The third-order valence-corrected chi connectivity index (χ3v) is 2.24. The zero-order valence-electron chi connectivity index (χ0n) is 6.82. The van der Waals surface area contributed by atoms with E-state index in [4.69, 9.17) is 5.11 Å². The lowest BCUT2D eigenvalue weighted by Crippen LogP contribution is -2.17. The molecule has 0 radical (unpaired) electrons. The predicted octanol–water partition coefficient (Wildman–Crippen LogP) is 0.379. The van der Waals surface area contributed by atoms with Crippen LogP contribution in [0.15, 0.2) is 10.7 Å². The second-order valence-electron chi connectivity index (χ2n) is 2.47. The van der Waals surface area contributed by atoms with Crippen molar-refractivity contribution in [2.24, 2.45) is 7.05 Å². The predicted molar refractivity (Wildman–Crippen MR) is 47.3 cm³/mol. The van der Waals surface area contributed by atoms with E-state index >= 15 is 0 Å². The number of Topliss-reactive ketones (excluding diaryl/α,β-unsaturated/α-hetero) is 1. The molecule has 1 aromatic rings. The molecule has 0 amide bonds. The van der Waals surface area contributed by atoms with Gasteiger partial charge in [0.1, 0.15) is 0 Å². The molecule has 0 spiro atoms. The molecule has 0 aromatic carbocycles. The third-order valence-electron chi connectivity index (χ3n) is 1.58. The third kappa shape index (κ3) is 2.15. The summed E-state index contributed by atoms with van der Waals surface area (Å²) in [5, 5.41) is 12.2. The normalized spacial score (nSPS) is 10.0. The van der Waals surface area contributed by atoms with Crippen LogP contribution in [0, 0.1) is 0 Å². The van der Waals surface area contributed by atoms with E-state index in [1.54, 1.807) is 7.05 Å². The second kappa shape index (κ2) is 3.69. The number of hydrogen-bond donors (Lipinski definition) is 1. The highest BCUT2D eigenvalue weighted by molar-refractivity contribution is 9.10. The quantitative estimate of drug-likeness (QED) is 0.783. The van der Waals surface area contributed by atoms with E-state index in [9.17, 15) is 9.59 Å². The molecule has 1 aromatic heterocycles. The Morgan fingerprint density at radius 3 is 2.69 bits per heavy atom. The lowest BCUT2D eigenvalue weighted by Gasteiger charge is -1.98. The van der Waals surface area contributed by atoms with Crippen LogP contribution in [0.3, 0.4) is 0 Å². The molecule has 0 aliphatic heterocycles. The van der Waals surface area contributed by atoms with Crippen molar-refractivity contribution in [1.29, 1.82) is 0 Å². The van der Waals surface area contributed by atoms with Crippen LogP contribution in [-0.2, 0) is 23.1 Å². The maximum Gasteiger partial charge on any atom is 0.372 e. The molecule has 6 heteroatoms. The van der Waals surface area contributed by atoms with Gasteiger partial charge >= 0.3 is 5.97 Å². The van der Waals surface area contributed by atoms with Crippen molar-refractivity contribution in [3.8, 4) is 0 Å². The molecule has 0 fully saturated rings. The minimum absolute atomic E-state index is 0.146. The first-order valence-corrected chi connectivity index (χ1v) is 4.24. The summed E-state index contributed by atoms with van der Waals surface area (Å²) in [5.74, 6) is -2.27. The van der Waals surface area contributed by atoms with Crippen molar-refractivity contribution in [2.45, 2.75) is 6.42 Å². The van der Waals surface area contributed by atoms with E-state index in [0.29, 0.717) is 10.2 Å². The molecule has 0 saturated carbocycles. The zero-order chi connectivity index (χ0) is 10.0. The topological polar surface area (TPSA) is 72.2 Å². The maximum atomic E-state index is 10.9. The first-order chi connectivity index (χ1) is 6.02. The summed E-state index contributed by atoms with van der Waals surface area (Å²) in [6, 6.07) is 0. The molecule has 0 aliphatic rings. The zero-order valence-corrected chi connectivity index (χ0v) is 8.41. The maximum absolute atomic E-state index is 10.9. The molecule has 1 heterocycles. The van der Waals surface area contributed by atoms with Crippen molar-refractivity contribution in [3.63, 3.8) is 0 Å². The SMILES string of the molecule is Cn1ncc(Br)c1CC(=O)C(=O)O. The Morgan fingerprint density at radius 1 is 1.69 bits per heavy atom. The number of ketones is 1. The number of carboxylic acids is 1. The van der Waals surface area contributed by atoms with Crippen LogP contribution in [0.25, 0.3) is 0 Å². The number of hydrogen-bond acceptors (Lipinski definition) is 3. The second-order valence-corrected chi connectivity index (χ2v) is 3.32. The Hall–Kier alpha value is -1.17. The van der Waals surface area contributed by atoms with Gasteiger partial charge in [0.25, 0.3) is 0 Å². The van der Waals surface area contributed by atoms with Gasteiger partial charge in [-0.1, -0.05) is 0 Å². The Kier molecular flexibility index (Phi) is 2.82. The molecule has 0 unspecified atom stereocenters. The van der Waals surface area contributed by atoms with Gasteiger partial charge in [-0.25, -0.2) is 4.79 Å². The Morgan fingerprint density at radius 2 is 2.31 bits per heavy atom. The summed E-state index contributed by atoms with van der Waals surface area (Å²) in [6.45, 7) is 0. The van der Waals surface area contributed by atoms with Crippen LogP contribution < -0.4 is 0 Å². The average Bonchev–Trinajstić information content (AvgIpc) is 2.35. The largest absolute Gasteiger partial charge is 0.475 e. The molecule has 5 nitrogen and oxygen atoms in total. The van der Waals surface area contributed by atoms with Crippen LogP contribution in [0.1, 0.15) is 5.69 Å². The highest BCUT2D eigenvalue weighted by atomic mass is 79.9. The fourth-order valence-electron chi connectivity index (χ4n) is 0.863. The molecule has 0 bridgehead atoms. The lowest BCUT2D eigenvalue weighted by atomic mass is 10.2. The van der Waals surface area contributed by atoms with Crippen LogP contribution in [0.4, 0.5) is 0 Å². The minimum atomic E-state index is -1.42. The lowest BCUT2D eigenvalue weighted by molar-refractivity contribution is -0.148. The standard InChI is InChI=1S/C7H7BrN2O3/c1-10-5(4(8)3-9-10)2-6(11)7(12)13/h3H,2H2,1H3,(H,12,13). The van der Waals surface area contributed by atoms with Gasteiger partial charge in [0.15, 0.2) is 0 Å². The smallest absolute Gasteiger partial charge is 0.372 e. The Bertz CT molecular complexity index is 339. The molecular weight excluding hydrogens is 240 g/mol. The van der Waals surface area contributed by atoms with Crippen molar-refractivity contribution >= 4 is 27.7 Å². The van der Waals surface area contributed by atoms with Gasteiger partial charge in [0.2, 0.25) is 5.78 Å². The average molecular weight is 247 g/mol. The van der Waals surface area contributed by atoms with Crippen molar-refractivity contribution in [1.82, 2.24) is 9.78 Å². The van der Waals surface area contributed by atoms with Gasteiger partial charge in [-0.2, -0.15) is 5.10 Å². The molecule has 0 atom stereocenters. The molecule has 0 saturated heterocycles. The number of aryl methyl sites for hydroxylation is 1. The number of rotatable bonds is 3. The number of carboxylic acid groups (broad SMARTS) is 1. The summed E-state index contributed by atoms with van der Waals surface area (Å²) < 4.78 is 2.11. The fraction of sp³-hybridized carbons (Fsp3) is 0.286. The summed E-state index contributed by atoms with van der Waals surface area (Å²) in [5.41, 5.74) is 0.562. The van der Waals surface area contributed by atoms with Crippen LogP contribution in [0.5, 0.6) is 0 Å². The molecule has 1 N–H and O–H groups in total. The molecule has 13 heavy (non-hydrogen) atoms. The first kappa shape index (κ1) is 9.91. The highest BCUT2D eigenvalue weighted by Crippen LogP contribution is 2.15. The van der Waals surface area contributed by atoms with Gasteiger partial charge in [-0.3, -0.25) is 9.48 Å². The molecule has 1 rings (SSSR count). The van der Waals surface area contributed by atoms with E-state index in [1.807, 2.05) is 0 Å². The summed E-state index contributed by atoms with van der Waals surface area (Å²) >= 11 is 3.17. The summed E-state index contributed by atoms with van der Waals surface area (Å²) in [4.78, 5) is 21.1. The van der Waals surface area contributed by atoms with E-state index in [-0.39, 0.29) is 6.42 Å². The fourth-order valence-corrected chi connectivity index (χ4v) is 1.35. The number of carbonyl (C=O) groups is 2. The Balaban J connectivity index is 2.85.